The molecular weight excluding hydrogens is 292 g/mol. The Labute approximate surface area is 134 Å². The summed E-state index contributed by atoms with van der Waals surface area (Å²) < 4.78 is 5.25. The van der Waals surface area contributed by atoms with E-state index in [-0.39, 0.29) is 11.5 Å². The SMILES string of the molecule is C=C(C)CN1CCN(C(=O)c2cc3ccccc3oc2=O)CC1. The molecule has 0 unspecified atom stereocenters. The van der Waals surface area contributed by atoms with Crippen molar-refractivity contribution >= 4 is 16.9 Å². The van der Waals surface area contributed by atoms with Gasteiger partial charge in [0, 0.05) is 38.1 Å². The van der Waals surface area contributed by atoms with E-state index in [2.05, 4.69) is 11.5 Å². The molecule has 1 amide bonds. The van der Waals surface area contributed by atoms with E-state index in [1.54, 1.807) is 23.1 Å². The zero-order valence-electron chi connectivity index (χ0n) is 13.2. The van der Waals surface area contributed by atoms with Crippen LogP contribution in [0.3, 0.4) is 0 Å². The van der Waals surface area contributed by atoms with Crippen molar-refractivity contribution < 1.29 is 9.21 Å². The highest BCUT2D eigenvalue weighted by atomic mass is 16.4. The minimum atomic E-state index is -0.571. The van der Waals surface area contributed by atoms with Crippen LogP contribution in [-0.4, -0.2) is 48.4 Å². The van der Waals surface area contributed by atoms with Crippen molar-refractivity contribution in [1.29, 1.82) is 0 Å². The predicted molar refractivity (Wildman–Crippen MR) is 89.6 cm³/mol. The van der Waals surface area contributed by atoms with Gasteiger partial charge in [-0.15, -0.1) is 0 Å². The molecule has 0 N–H and O–H groups in total. The Hall–Kier alpha value is -2.40. The molecule has 23 heavy (non-hydrogen) atoms. The Bertz CT molecular complexity index is 801. The molecule has 1 saturated heterocycles. The van der Waals surface area contributed by atoms with E-state index < -0.39 is 5.63 Å². The van der Waals surface area contributed by atoms with E-state index in [1.807, 2.05) is 19.1 Å². The molecule has 1 aliphatic rings. The maximum atomic E-state index is 12.6. The summed E-state index contributed by atoms with van der Waals surface area (Å²) in [5.74, 6) is -0.250. The van der Waals surface area contributed by atoms with E-state index in [0.717, 1.165) is 30.6 Å². The first kappa shape index (κ1) is 15.5. The third-order valence-corrected chi connectivity index (χ3v) is 4.02. The van der Waals surface area contributed by atoms with Gasteiger partial charge in [0.2, 0.25) is 0 Å². The number of piperazine rings is 1. The Kier molecular flexibility index (Phi) is 4.30. The fourth-order valence-corrected chi connectivity index (χ4v) is 2.87. The highest BCUT2D eigenvalue weighted by Crippen LogP contribution is 2.14. The van der Waals surface area contributed by atoms with E-state index in [1.165, 1.54) is 0 Å². The predicted octanol–water partition coefficient (Wildman–Crippen LogP) is 2.13. The van der Waals surface area contributed by atoms with Crippen molar-refractivity contribution in [3.05, 3.63) is 58.5 Å². The quantitative estimate of drug-likeness (QED) is 0.643. The molecule has 0 radical (unpaired) electrons. The number of hydrogen-bond donors (Lipinski definition) is 0. The molecule has 3 rings (SSSR count). The molecule has 5 heteroatoms. The van der Waals surface area contributed by atoms with Gasteiger partial charge in [0.05, 0.1) is 0 Å². The van der Waals surface area contributed by atoms with Gasteiger partial charge in [-0.05, 0) is 19.1 Å². The van der Waals surface area contributed by atoms with E-state index in [4.69, 9.17) is 4.42 Å². The van der Waals surface area contributed by atoms with Crippen LogP contribution in [0, 0.1) is 0 Å². The number of fused-ring (bicyclic) bond motifs is 1. The molecular formula is C18H20N2O3. The first-order chi connectivity index (χ1) is 11.0. The molecule has 2 heterocycles. The van der Waals surface area contributed by atoms with Gasteiger partial charge in [-0.2, -0.15) is 0 Å². The van der Waals surface area contributed by atoms with Crippen molar-refractivity contribution in [2.75, 3.05) is 32.7 Å². The lowest BCUT2D eigenvalue weighted by molar-refractivity contribution is 0.0644. The molecule has 1 fully saturated rings. The van der Waals surface area contributed by atoms with Crippen LogP contribution in [0.15, 0.2) is 51.7 Å². The Morgan fingerprint density at radius 2 is 1.91 bits per heavy atom. The minimum Gasteiger partial charge on any atom is -0.422 e. The maximum Gasteiger partial charge on any atom is 0.349 e. The van der Waals surface area contributed by atoms with E-state index >= 15 is 0 Å². The van der Waals surface area contributed by atoms with Gasteiger partial charge < -0.3 is 9.32 Å². The molecule has 1 aromatic carbocycles. The van der Waals surface area contributed by atoms with Crippen LogP contribution in [0.2, 0.25) is 0 Å². The average Bonchev–Trinajstić information content (AvgIpc) is 2.54. The first-order valence-electron chi connectivity index (χ1n) is 7.73. The molecule has 0 aliphatic carbocycles. The van der Waals surface area contributed by atoms with Gasteiger partial charge in [-0.25, -0.2) is 4.79 Å². The highest BCUT2D eigenvalue weighted by Gasteiger charge is 2.24. The van der Waals surface area contributed by atoms with Gasteiger partial charge in [-0.3, -0.25) is 9.69 Å². The Balaban J connectivity index is 1.78. The number of carbonyl (C=O) groups excluding carboxylic acids is 1. The highest BCUT2D eigenvalue weighted by molar-refractivity contribution is 5.96. The lowest BCUT2D eigenvalue weighted by atomic mass is 10.1. The van der Waals surface area contributed by atoms with Crippen molar-refractivity contribution in [2.45, 2.75) is 6.92 Å². The second kappa shape index (κ2) is 6.38. The molecule has 5 nitrogen and oxygen atoms in total. The van der Waals surface area contributed by atoms with Crippen molar-refractivity contribution in [3.63, 3.8) is 0 Å². The van der Waals surface area contributed by atoms with Crippen molar-refractivity contribution in [3.8, 4) is 0 Å². The number of carbonyl (C=O) groups is 1. The average molecular weight is 312 g/mol. The van der Waals surface area contributed by atoms with Gasteiger partial charge in [0.1, 0.15) is 11.1 Å². The number of hydrogen-bond acceptors (Lipinski definition) is 4. The summed E-state index contributed by atoms with van der Waals surface area (Å²) in [7, 11) is 0. The summed E-state index contributed by atoms with van der Waals surface area (Å²) in [5, 5.41) is 0.761. The molecule has 1 aromatic heterocycles. The largest absolute Gasteiger partial charge is 0.422 e. The van der Waals surface area contributed by atoms with Gasteiger partial charge >= 0.3 is 5.63 Å². The zero-order chi connectivity index (χ0) is 16.4. The molecule has 2 aromatic rings. The topological polar surface area (TPSA) is 53.8 Å². The maximum absolute atomic E-state index is 12.6. The zero-order valence-corrected chi connectivity index (χ0v) is 13.2. The summed E-state index contributed by atoms with van der Waals surface area (Å²) in [6.45, 7) is 9.56. The fourth-order valence-electron chi connectivity index (χ4n) is 2.87. The lowest BCUT2D eigenvalue weighted by Crippen LogP contribution is -2.49. The molecule has 0 atom stereocenters. The van der Waals surface area contributed by atoms with Crippen molar-refractivity contribution in [2.24, 2.45) is 0 Å². The van der Waals surface area contributed by atoms with Crippen LogP contribution >= 0.6 is 0 Å². The van der Waals surface area contributed by atoms with E-state index in [0.29, 0.717) is 18.7 Å². The molecule has 0 saturated carbocycles. The van der Waals surface area contributed by atoms with Crippen LogP contribution in [-0.2, 0) is 0 Å². The third kappa shape index (κ3) is 3.35. The normalized spacial score (nSPS) is 15.8. The Morgan fingerprint density at radius 3 is 2.61 bits per heavy atom. The second-order valence-electron chi connectivity index (χ2n) is 6.01. The number of para-hydroxylation sites is 1. The number of benzene rings is 1. The number of nitrogens with zero attached hydrogens (tertiary/aromatic N) is 2. The summed E-state index contributed by atoms with van der Waals surface area (Å²) in [6, 6.07) is 8.84. The smallest absolute Gasteiger partial charge is 0.349 e. The van der Waals surface area contributed by atoms with Crippen LogP contribution < -0.4 is 5.63 Å². The third-order valence-electron chi connectivity index (χ3n) is 4.02. The molecule has 1 aliphatic heterocycles. The molecule has 120 valence electrons. The monoisotopic (exact) mass is 312 g/mol. The van der Waals surface area contributed by atoms with Crippen LogP contribution in [0.4, 0.5) is 0 Å². The molecule has 0 bridgehead atoms. The first-order valence-corrected chi connectivity index (χ1v) is 7.73. The van der Waals surface area contributed by atoms with Crippen LogP contribution in [0.1, 0.15) is 17.3 Å². The van der Waals surface area contributed by atoms with E-state index in [9.17, 15) is 9.59 Å². The van der Waals surface area contributed by atoms with Gasteiger partial charge in [-0.1, -0.05) is 30.4 Å². The Morgan fingerprint density at radius 1 is 1.22 bits per heavy atom. The summed E-state index contributed by atoms with van der Waals surface area (Å²) in [5.41, 5.74) is 1.15. The summed E-state index contributed by atoms with van der Waals surface area (Å²) in [4.78, 5) is 28.7. The molecule has 0 spiro atoms. The lowest BCUT2D eigenvalue weighted by Gasteiger charge is -2.34. The summed E-state index contributed by atoms with van der Waals surface area (Å²) in [6.07, 6.45) is 0. The summed E-state index contributed by atoms with van der Waals surface area (Å²) >= 11 is 0. The van der Waals surface area contributed by atoms with Gasteiger partial charge in [0.25, 0.3) is 5.91 Å². The number of amides is 1. The van der Waals surface area contributed by atoms with Gasteiger partial charge in [0.15, 0.2) is 0 Å². The van der Waals surface area contributed by atoms with Crippen molar-refractivity contribution in [1.82, 2.24) is 9.80 Å². The fraction of sp³-hybridized carbons (Fsp3) is 0.333. The van der Waals surface area contributed by atoms with Crippen LogP contribution in [0.25, 0.3) is 11.0 Å². The standard InChI is InChI=1S/C18H20N2O3/c1-13(2)12-19-7-9-20(10-8-19)17(21)15-11-14-5-3-4-6-16(14)23-18(15)22/h3-6,11H,1,7-10,12H2,2H3. The number of rotatable bonds is 3. The minimum absolute atomic E-state index is 0.108. The second-order valence-corrected chi connectivity index (χ2v) is 6.01. The van der Waals surface area contributed by atoms with Crippen LogP contribution in [0.5, 0.6) is 0 Å².